The summed E-state index contributed by atoms with van der Waals surface area (Å²) in [7, 11) is -19.5. The molecule has 0 heterocycles. The molecule has 23 heteroatoms. The molecule has 0 spiro atoms. The van der Waals surface area contributed by atoms with Gasteiger partial charge in [0.2, 0.25) is 0 Å². The number of rotatable bonds is 26. The minimum atomic E-state index is -4.98. The van der Waals surface area contributed by atoms with Crippen molar-refractivity contribution in [2.75, 3.05) is 0 Å². The Morgan fingerprint density at radius 2 is 0.670 bits per heavy atom. The average Bonchev–Trinajstić information content (AvgIpc) is 0.772. The highest BCUT2D eigenvalue weighted by Crippen LogP contribution is 2.53. The van der Waals surface area contributed by atoms with Gasteiger partial charge in [-0.05, 0) is 182 Å². The second-order valence-corrected chi connectivity index (χ2v) is 35.7. The molecule has 0 aliphatic carbocycles. The fraction of sp³-hybridized carbons (Fsp3) is 0.265. The first-order valence-electron chi connectivity index (χ1n) is 28.8. The van der Waals surface area contributed by atoms with Crippen molar-refractivity contribution in [1.29, 1.82) is 0 Å². The fourth-order valence-corrected chi connectivity index (χ4v) is 19.0. The van der Waals surface area contributed by atoms with Gasteiger partial charge in [0.25, 0.3) is 40.5 Å². The molecule has 2 unspecified atom stereocenters. The van der Waals surface area contributed by atoms with Crippen molar-refractivity contribution in [1.82, 2.24) is 0 Å². The van der Waals surface area contributed by atoms with E-state index in [2.05, 4.69) is 45.0 Å². The van der Waals surface area contributed by atoms with E-state index in [-0.39, 0.29) is 42.4 Å². The summed E-state index contributed by atoms with van der Waals surface area (Å²) in [6, 6.07) is 46.3. The zero-order valence-corrected chi connectivity index (χ0v) is 58.9. The van der Waals surface area contributed by atoms with Gasteiger partial charge in [-0.2, -0.15) is 33.7 Å². The molecule has 0 fully saturated rings. The molecule has 8 aromatic rings. The summed E-state index contributed by atoms with van der Waals surface area (Å²) >= 11 is 7.03. The van der Waals surface area contributed by atoms with Gasteiger partial charge in [-0.3, -0.25) is 27.8 Å². The molecular formula is C68H70O14S9. The summed E-state index contributed by atoms with van der Waals surface area (Å²) in [6.07, 6.45) is 2.48. The maximum Gasteiger partial charge on any atom is 0.295 e. The van der Waals surface area contributed by atoms with Crippen LogP contribution in [0.1, 0.15) is 138 Å². The van der Waals surface area contributed by atoms with E-state index in [9.17, 15) is 61.5 Å². The van der Waals surface area contributed by atoms with Crippen molar-refractivity contribution in [2.24, 2.45) is 0 Å². The predicted molar refractivity (Wildman–Crippen MR) is 365 cm³/mol. The highest BCUT2D eigenvalue weighted by molar-refractivity contribution is 8.01. The van der Waals surface area contributed by atoms with Crippen LogP contribution >= 0.6 is 58.8 Å². The number of thioether (sulfide) groups is 2. The van der Waals surface area contributed by atoms with Crippen LogP contribution in [0.5, 0.6) is 0 Å². The Balaban J connectivity index is 0.971. The van der Waals surface area contributed by atoms with Gasteiger partial charge in [0.05, 0.1) is 9.79 Å². The summed E-state index contributed by atoms with van der Waals surface area (Å²) in [5.41, 5.74) is 0.0372. The van der Waals surface area contributed by atoms with Gasteiger partial charge in [0.1, 0.15) is 9.79 Å². The Labute approximate surface area is 556 Å². The second-order valence-electron chi connectivity index (χ2n) is 23.4. The molecule has 0 aromatic heterocycles. The number of benzene rings is 8. The van der Waals surface area contributed by atoms with Gasteiger partial charge in [0.15, 0.2) is 11.6 Å². The highest BCUT2D eigenvalue weighted by atomic mass is 32.2. The Hall–Kier alpha value is -5.51. The normalized spacial score (nSPS) is 14.0. The van der Waals surface area contributed by atoms with Crippen LogP contribution in [0, 0.1) is 0 Å². The molecule has 91 heavy (non-hydrogen) atoms. The lowest BCUT2D eigenvalue weighted by Gasteiger charge is -2.46. The first kappa shape index (κ1) is 71.3. The topological polar surface area (TPSA) is 252 Å². The molecule has 480 valence electrons. The van der Waals surface area contributed by atoms with Crippen molar-refractivity contribution < 1.29 is 61.5 Å². The lowest BCUT2D eigenvalue weighted by molar-refractivity contribution is 0.103. The van der Waals surface area contributed by atoms with E-state index < -0.39 is 87.2 Å². The lowest BCUT2D eigenvalue weighted by atomic mass is 9.68. The monoisotopic (exact) mass is 1400 g/mol. The van der Waals surface area contributed by atoms with E-state index in [1.807, 2.05) is 107 Å². The van der Waals surface area contributed by atoms with Crippen LogP contribution < -0.4 is 0 Å². The molecule has 0 amide bonds. The van der Waals surface area contributed by atoms with E-state index in [1.54, 1.807) is 37.7 Å². The molecule has 14 nitrogen and oxygen atoms in total. The first-order chi connectivity index (χ1) is 42.4. The summed E-state index contributed by atoms with van der Waals surface area (Å²) in [6.45, 7) is 19.8. The van der Waals surface area contributed by atoms with Crippen molar-refractivity contribution in [2.45, 2.75) is 174 Å². The van der Waals surface area contributed by atoms with Gasteiger partial charge >= 0.3 is 0 Å². The van der Waals surface area contributed by atoms with Gasteiger partial charge in [-0.25, -0.2) is 0 Å². The Kier molecular flexibility index (Phi) is 21.8. The van der Waals surface area contributed by atoms with Crippen molar-refractivity contribution in [3.63, 3.8) is 0 Å². The van der Waals surface area contributed by atoms with Gasteiger partial charge in [0, 0.05) is 76.3 Å². The molecule has 4 N–H and O–H groups in total. The summed E-state index contributed by atoms with van der Waals surface area (Å²) < 4.78 is 144. The minimum Gasteiger partial charge on any atom is -0.289 e. The van der Waals surface area contributed by atoms with E-state index in [0.29, 0.717) is 34.6 Å². The van der Waals surface area contributed by atoms with Crippen molar-refractivity contribution in [3.8, 4) is 11.1 Å². The van der Waals surface area contributed by atoms with Crippen LogP contribution in [0.25, 0.3) is 11.1 Å². The molecule has 0 aliphatic rings. The largest absolute Gasteiger partial charge is 0.295 e. The molecule has 8 rings (SSSR count). The maximum atomic E-state index is 14.2. The van der Waals surface area contributed by atoms with E-state index in [4.69, 9.17) is 0 Å². The molecule has 0 saturated heterocycles. The van der Waals surface area contributed by atoms with E-state index in [0.717, 1.165) is 80.0 Å². The quantitative estimate of drug-likeness (QED) is 0.0223. The Morgan fingerprint density at radius 1 is 0.352 bits per heavy atom. The minimum absolute atomic E-state index is 0.114. The molecule has 8 aromatic carbocycles. The number of carbonyl (C=O) groups excluding carboxylic acids is 2. The lowest BCUT2D eigenvalue weighted by Crippen LogP contribution is -2.45. The average molecular weight is 1400 g/mol. The number of hydrogen-bond donors (Lipinski definition) is 4. The van der Waals surface area contributed by atoms with Crippen LogP contribution in [0.15, 0.2) is 229 Å². The Morgan fingerprint density at radius 3 is 1.03 bits per heavy atom. The Bertz CT molecular complexity index is 4540. The van der Waals surface area contributed by atoms with Crippen molar-refractivity contribution >= 4 is 111 Å². The zero-order chi connectivity index (χ0) is 66.9. The van der Waals surface area contributed by atoms with E-state index >= 15 is 0 Å². The first-order valence-corrected chi connectivity index (χ1v) is 38.7. The summed E-state index contributed by atoms with van der Waals surface area (Å²) in [5.74, 6) is -1.48. The summed E-state index contributed by atoms with van der Waals surface area (Å²) in [5, 5.41) is 0. The van der Waals surface area contributed by atoms with Crippen LogP contribution in [-0.4, -0.2) is 72.9 Å². The van der Waals surface area contributed by atoms with Gasteiger partial charge < -0.3 is 0 Å². The SMILES string of the molecule is CCC(C)(C)Sc1ccc(Sc2ccc(Sc3ccc(C(=O)c4ccc(C(C)(CC)C(C)(CC)Sc5ccc(-c6ccc(Sc7ccc(C(=O)c8ccc(C(C)(C)CC)c(S(=O)(=O)O)c8)cc7S(=O)(=O)O)cc6)cc5)c(S(=O)(=O)O)c4)cc3S(=O)(=O)O)cc2)cc1. The summed E-state index contributed by atoms with van der Waals surface area (Å²) in [4.78, 5) is 31.6. The molecular weight excluding hydrogens is 1330 g/mol. The van der Waals surface area contributed by atoms with Crippen LogP contribution in [0.4, 0.5) is 0 Å². The molecule has 0 bridgehead atoms. The fourth-order valence-electron chi connectivity index (χ4n) is 10.2. The number of ketones is 2. The molecule has 0 saturated carbocycles. The van der Waals surface area contributed by atoms with Crippen LogP contribution in [-0.2, 0) is 51.3 Å². The smallest absolute Gasteiger partial charge is 0.289 e. The third-order valence-electron chi connectivity index (χ3n) is 16.7. The molecule has 0 aliphatic heterocycles. The number of hydrogen-bond acceptors (Lipinski definition) is 15. The highest BCUT2D eigenvalue weighted by Gasteiger charge is 2.47. The molecule has 0 radical (unpaired) electrons. The predicted octanol–water partition coefficient (Wildman–Crippen LogP) is 17.9. The van der Waals surface area contributed by atoms with Gasteiger partial charge in [-0.15, -0.1) is 23.5 Å². The van der Waals surface area contributed by atoms with Crippen LogP contribution in [0.2, 0.25) is 0 Å². The third kappa shape index (κ3) is 16.7. The van der Waals surface area contributed by atoms with Gasteiger partial charge in [-0.1, -0.05) is 146 Å². The third-order valence-corrected chi connectivity index (χ3v) is 26.8. The second kappa shape index (κ2) is 27.8. The zero-order valence-electron chi connectivity index (χ0n) is 51.5. The van der Waals surface area contributed by atoms with Crippen molar-refractivity contribution in [3.05, 3.63) is 203 Å². The van der Waals surface area contributed by atoms with Crippen LogP contribution in [0.3, 0.4) is 0 Å². The standard InChI is InChI=1S/C68H70O14S9/c1-11-65(5,6)55-35-19-45(39-59(55)88(71,72)73)63(69)47-21-37-57(61(41-47)90(77,78)79)84-51-23-15-43(16-24-51)44-17-25-54(26-18-44)87-68(10,14-4)67(9,13-3)56-36-20-46(40-60(56)89(74,75)76)64(70)48-22-38-58(62(42-48)91(80,81)82)85-52-29-27-49(28-30-52)83-50-31-33-53(34-32-50)86-66(7,8)12-2/h15-42H,11-14H2,1-10H3,(H,71,72,73)(H,74,75,76)(H,77,78,79)(H,80,81,82). The number of carbonyl (C=O) groups is 2. The molecule has 2 atom stereocenters. The maximum absolute atomic E-state index is 14.2. The van der Waals surface area contributed by atoms with E-state index in [1.165, 1.54) is 65.2 Å².